The molecule has 2 N–H and O–H groups in total. The number of halogens is 1. The van der Waals surface area contributed by atoms with E-state index in [4.69, 9.17) is 5.73 Å². The second-order valence-electron chi connectivity index (χ2n) is 4.82. The van der Waals surface area contributed by atoms with Crippen LogP contribution in [0.5, 0.6) is 0 Å². The maximum Gasteiger partial charge on any atom is 0.0258 e. The molecule has 0 saturated carbocycles. The van der Waals surface area contributed by atoms with Crippen molar-refractivity contribution in [3.05, 3.63) is 34.3 Å². The maximum atomic E-state index is 5.94. The molecule has 0 aromatic heterocycles. The molecular weight excluding hydrogens is 276 g/mol. The zero-order valence-corrected chi connectivity index (χ0v) is 11.8. The average molecular weight is 297 g/mol. The van der Waals surface area contributed by atoms with Crippen molar-refractivity contribution in [3.63, 3.8) is 0 Å². The van der Waals surface area contributed by atoms with Crippen LogP contribution in [0.3, 0.4) is 0 Å². The highest BCUT2D eigenvalue weighted by atomic mass is 79.9. The minimum atomic E-state index is 0.504. The molecule has 1 heterocycles. The summed E-state index contributed by atoms with van der Waals surface area (Å²) in [5, 5.41) is 0. The lowest BCUT2D eigenvalue weighted by Crippen LogP contribution is -2.44. The van der Waals surface area contributed by atoms with Crippen LogP contribution in [0.4, 0.5) is 0 Å². The molecule has 17 heavy (non-hydrogen) atoms. The van der Waals surface area contributed by atoms with Gasteiger partial charge in [-0.2, -0.15) is 0 Å². The molecule has 1 fully saturated rings. The zero-order valence-electron chi connectivity index (χ0n) is 10.2. The molecule has 2 nitrogen and oxygen atoms in total. The summed E-state index contributed by atoms with van der Waals surface area (Å²) in [6, 6.07) is 9.07. The van der Waals surface area contributed by atoms with Crippen LogP contribution in [0.25, 0.3) is 0 Å². The van der Waals surface area contributed by atoms with Crippen LogP contribution in [0.1, 0.15) is 24.8 Å². The quantitative estimate of drug-likeness (QED) is 0.926. The molecule has 1 aromatic rings. The number of benzene rings is 1. The van der Waals surface area contributed by atoms with Crippen LogP contribution in [0.2, 0.25) is 0 Å². The van der Waals surface area contributed by atoms with E-state index in [2.05, 4.69) is 45.1 Å². The van der Waals surface area contributed by atoms with E-state index in [0.717, 1.165) is 17.4 Å². The van der Waals surface area contributed by atoms with Gasteiger partial charge >= 0.3 is 0 Å². The third-order valence-electron chi connectivity index (χ3n) is 3.54. The molecule has 3 heteroatoms. The lowest BCUT2D eigenvalue weighted by Gasteiger charge is -2.34. The molecule has 1 aromatic carbocycles. The van der Waals surface area contributed by atoms with Crippen molar-refractivity contribution in [2.75, 3.05) is 19.6 Å². The number of nitrogens with zero attached hydrogens (tertiary/aromatic N) is 1. The first kappa shape index (κ1) is 13.1. The van der Waals surface area contributed by atoms with Gasteiger partial charge in [-0.05, 0) is 50.0 Å². The average Bonchev–Trinajstić information content (AvgIpc) is 2.37. The monoisotopic (exact) mass is 296 g/mol. The van der Waals surface area contributed by atoms with Gasteiger partial charge in [0, 0.05) is 17.1 Å². The van der Waals surface area contributed by atoms with E-state index in [-0.39, 0.29) is 0 Å². The van der Waals surface area contributed by atoms with E-state index in [1.807, 2.05) is 0 Å². The van der Waals surface area contributed by atoms with E-state index >= 15 is 0 Å². The topological polar surface area (TPSA) is 29.3 Å². The summed E-state index contributed by atoms with van der Waals surface area (Å²) >= 11 is 3.53. The zero-order chi connectivity index (χ0) is 12.1. The van der Waals surface area contributed by atoms with Gasteiger partial charge in [0.1, 0.15) is 0 Å². The highest BCUT2D eigenvalue weighted by molar-refractivity contribution is 9.10. The Balaban J connectivity index is 1.98. The van der Waals surface area contributed by atoms with Gasteiger partial charge in [-0.15, -0.1) is 0 Å². The number of likely N-dealkylation sites (tertiary alicyclic amines) is 1. The van der Waals surface area contributed by atoms with Gasteiger partial charge in [0.15, 0.2) is 0 Å². The molecule has 2 rings (SSSR count). The third kappa shape index (κ3) is 3.80. The van der Waals surface area contributed by atoms with E-state index in [1.165, 1.54) is 37.9 Å². The molecule has 0 spiro atoms. The number of piperidine rings is 1. The van der Waals surface area contributed by atoms with Crippen LogP contribution < -0.4 is 5.73 Å². The van der Waals surface area contributed by atoms with Gasteiger partial charge in [0.05, 0.1) is 0 Å². The SMILES string of the molecule is NCC(Cc1cccc(Br)c1)N1CCCCC1. The van der Waals surface area contributed by atoms with Crippen LogP contribution in [-0.2, 0) is 6.42 Å². The standard InChI is InChI=1S/C14H21BrN2/c15-13-6-4-5-12(9-13)10-14(11-16)17-7-2-1-3-8-17/h4-6,9,14H,1-3,7-8,10-11,16H2. The van der Waals surface area contributed by atoms with Crippen LogP contribution in [-0.4, -0.2) is 30.6 Å². The first-order valence-electron chi connectivity index (χ1n) is 6.48. The predicted octanol–water partition coefficient (Wildman–Crippen LogP) is 2.80. The molecule has 0 radical (unpaired) electrons. The number of rotatable bonds is 4. The normalized spacial score (nSPS) is 19.2. The van der Waals surface area contributed by atoms with E-state index in [1.54, 1.807) is 0 Å². The Bertz CT molecular complexity index is 348. The maximum absolute atomic E-state index is 5.94. The summed E-state index contributed by atoms with van der Waals surface area (Å²) in [4.78, 5) is 2.56. The molecule has 94 valence electrons. The van der Waals surface area contributed by atoms with Gasteiger partial charge in [0.25, 0.3) is 0 Å². The summed E-state index contributed by atoms with van der Waals surface area (Å²) in [5.41, 5.74) is 7.31. The van der Waals surface area contributed by atoms with Gasteiger partial charge in [-0.1, -0.05) is 34.5 Å². The Hall–Kier alpha value is -0.380. The molecule has 1 aliphatic rings. The molecular formula is C14H21BrN2. The fourth-order valence-corrected chi connectivity index (χ4v) is 3.03. The van der Waals surface area contributed by atoms with Gasteiger partial charge in [0.2, 0.25) is 0 Å². The molecule has 0 aliphatic carbocycles. The van der Waals surface area contributed by atoms with E-state index in [9.17, 15) is 0 Å². The molecule has 1 saturated heterocycles. The van der Waals surface area contributed by atoms with Crippen LogP contribution in [0.15, 0.2) is 28.7 Å². The highest BCUT2D eigenvalue weighted by Gasteiger charge is 2.19. The van der Waals surface area contributed by atoms with Crippen LogP contribution in [0, 0.1) is 0 Å². The Morgan fingerprint density at radius 2 is 2.00 bits per heavy atom. The largest absolute Gasteiger partial charge is 0.329 e. The second kappa shape index (κ2) is 6.53. The minimum absolute atomic E-state index is 0.504. The summed E-state index contributed by atoms with van der Waals surface area (Å²) in [5.74, 6) is 0. The van der Waals surface area contributed by atoms with Gasteiger partial charge < -0.3 is 5.73 Å². The number of hydrogen-bond acceptors (Lipinski definition) is 2. The van der Waals surface area contributed by atoms with Crippen molar-refractivity contribution in [2.24, 2.45) is 5.73 Å². The van der Waals surface area contributed by atoms with Crippen molar-refractivity contribution in [1.29, 1.82) is 0 Å². The minimum Gasteiger partial charge on any atom is -0.329 e. The Kier molecular flexibility index (Phi) is 5.01. The molecule has 1 atom stereocenters. The van der Waals surface area contributed by atoms with E-state index < -0.39 is 0 Å². The molecule has 1 unspecified atom stereocenters. The second-order valence-corrected chi connectivity index (χ2v) is 5.74. The van der Waals surface area contributed by atoms with Crippen molar-refractivity contribution in [1.82, 2.24) is 4.90 Å². The lowest BCUT2D eigenvalue weighted by molar-refractivity contribution is 0.166. The predicted molar refractivity (Wildman–Crippen MR) is 76.1 cm³/mol. The van der Waals surface area contributed by atoms with E-state index in [0.29, 0.717) is 6.04 Å². The Labute approximate surface area is 112 Å². The number of nitrogens with two attached hydrogens (primary N) is 1. The fourth-order valence-electron chi connectivity index (χ4n) is 2.58. The first-order valence-corrected chi connectivity index (χ1v) is 7.27. The first-order chi connectivity index (χ1) is 8.29. The lowest BCUT2D eigenvalue weighted by atomic mass is 10.0. The van der Waals surface area contributed by atoms with Gasteiger partial charge in [-0.3, -0.25) is 4.90 Å². The fraction of sp³-hybridized carbons (Fsp3) is 0.571. The van der Waals surface area contributed by atoms with Gasteiger partial charge in [-0.25, -0.2) is 0 Å². The summed E-state index contributed by atoms with van der Waals surface area (Å²) in [7, 11) is 0. The highest BCUT2D eigenvalue weighted by Crippen LogP contribution is 2.17. The van der Waals surface area contributed by atoms with Crippen molar-refractivity contribution >= 4 is 15.9 Å². The Morgan fingerprint density at radius 3 is 2.65 bits per heavy atom. The van der Waals surface area contributed by atoms with Crippen molar-refractivity contribution in [2.45, 2.75) is 31.7 Å². The smallest absolute Gasteiger partial charge is 0.0258 e. The summed E-state index contributed by atoms with van der Waals surface area (Å²) in [6.07, 6.45) is 5.10. The molecule has 1 aliphatic heterocycles. The molecule has 0 amide bonds. The summed E-state index contributed by atoms with van der Waals surface area (Å²) < 4.78 is 1.16. The summed E-state index contributed by atoms with van der Waals surface area (Å²) in [6.45, 7) is 3.19. The third-order valence-corrected chi connectivity index (χ3v) is 4.03. The molecule has 0 bridgehead atoms. The Morgan fingerprint density at radius 1 is 1.24 bits per heavy atom. The van der Waals surface area contributed by atoms with Crippen molar-refractivity contribution < 1.29 is 0 Å². The van der Waals surface area contributed by atoms with Crippen molar-refractivity contribution in [3.8, 4) is 0 Å². The number of hydrogen-bond donors (Lipinski definition) is 1. The van der Waals surface area contributed by atoms with Crippen LogP contribution >= 0.6 is 15.9 Å².